The van der Waals surface area contributed by atoms with Gasteiger partial charge in [0.2, 0.25) is 0 Å². The maximum atomic E-state index is 13.5. The summed E-state index contributed by atoms with van der Waals surface area (Å²) in [6.45, 7) is 1.16. The molecule has 3 heterocycles. The van der Waals surface area contributed by atoms with E-state index in [-0.39, 0.29) is 36.0 Å². The van der Waals surface area contributed by atoms with E-state index >= 15 is 0 Å². The zero-order valence-corrected chi connectivity index (χ0v) is 21.9. The molecule has 39 heavy (non-hydrogen) atoms. The highest BCUT2D eigenvalue weighted by atomic mass is 32.1. The van der Waals surface area contributed by atoms with Crippen molar-refractivity contribution in [2.45, 2.75) is 31.0 Å². The van der Waals surface area contributed by atoms with Crippen molar-refractivity contribution in [3.8, 4) is 0 Å². The first-order valence-corrected chi connectivity index (χ1v) is 13.7. The van der Waals surface area contributed by atoms with Gasteiger partial charge in [-0.05, 0) is 41.3 Å². The van der Waals surface area contributed by atoms with Crippen molar-refractivity contribution in [2.75, 3.05) is 13.2 Å². The largest absolute Gasteiger partial charge is 0.370 e. The summed E-state index contributed by atoms with van der Waals surface area (Å²) < 4.78 is 19.2. The summed E-state index contributed by atoms with van der Waals surface area (Å²) >= 11 is 1.55. The van der Waals surface area contributed by atoms with Crippen LogP contribution in [0.1, 0.15) is 20.8 Å². The third kappa shape index (κ3) is 5.79. The van der Waals surface area contributed by atoms with Gasteiger partial charge in [-0.15, -0.1) is 11.3 Å². The standard InChI is InChI=1S/C31H28N2O5S/c34-30(21-11-5-2-6-12-21)32-24(16-23-15-22-13-7-8-14-27(22)39-23)31(35)33-25-18-37-29-26(19-38-28(25)29)36-17-20-9-3-1-4-10-20/h1-16,25-26,28-29H,17-19H2,(H,32,34)(H,33,35)/b24-16-/t25-,26-,28-,29-/m1/s1. The number of amides is 2. The first-order chi connectivity index (χ1) is 19.1. The van der Waals surface area contributed by atoms with Crippen LogP contribution in [0.2, 0.25) is 0 Å². The molecular weight excluding hydrogens is 512 g/mol. The van der Waals surface area contributed by atoms with E-state index in [1.54, 1.807) is 41.7 Å². The molecule has 0 radical (unpaired) electrons. The molecule has 8 heteroatoms. The van der Waals surface area contributed by atoms with Crippen molar-refractivity contribution >= 4 is 39.3 Å². The molecule has 0 unspecified atom stereocenters. The van der Waals surface area contributed by atoms with Crippen LogP contribution in [0.4, 0.5) is 0 Å². The van der Waals surface area contributed by atoms with Crippen molar-refractivity contribution in [2.24, 2.45) is 0 Å². The van der Waals surface area contributed by atoms with Crippen LogP contribution < -0.4 is 10.6 Å². The predicted octanol–water partition coefficient (Wildman–Crippen LogP) is 4.54. The van der Waals surface area contributed by atoms with Crippen LogP contribution in [0.5, 0.6) is 0 Å². The zero-order valence-electron chi connectivity index (χ0n) is 21.1. The number of rotatable bonds is 8. The van der Waals surface area contributed by atoms with E-state index in [1.165, 1.54) is 0 Å². The molecule has 2 saturated heterocycles. The Kier molecular flexibility index (Phi) is 7.51. The first kappa shape index (κ1) is 25.5. The normalized spacial score (nSPS) is 22.5. The lowest BCUT2D eigenvalue weighted by Gasteiger charge is -2.19. The number of benzene rings is 3. The van der Waals surface area contributed by atoms with Gasteiger partial charge in [0.25, 0.3) is 11.8 Å². The molecule has 3 aromatic carbocycles. The second-order valence-corrected chi connectivity index (χ2v) is 10.7. The van der Waals surface area contributed by atoms with E-state index < -0.39 is 5.91 Å². The lowest BCUT2D eigenvalue weighted by molar-refractivity contribution is -0.119. The highest BCUT2D eigenvalue weighted by Crippen LogP contribution is 2.30. The van der Waals surface area contributed by atoms with Gasteiger partial charge in [-0.1, -0.05) is 66.7 Å². The molecule has 2 N–H and O–H groups in total. The lowest BCUT2D eigenvalue weighted by Crippen LogP contribution is -2.46. The van der Waals surface area contributed by atoms with Gasteiger partial charge in [0.05, 0.1) is 25.9 Å². The molecule has 6 rings (SSSR count). The van der Waals surface area contributed by atoms with Gasteiger partial charge in [0.15, 0.2) is 0 Å². The van der Waals surface area contributed by atoms with Crippen molar-refractivity contribution in [3.05, 3.63) is 113 Å². The van der Waals surface area contributed by atoms with Crippen LogP contribution in [0, 0.1) is 0 Å². The van der Waals surface area contributed by atoms with E-state index in [9.17, 15) is 9.59 Å². The number of nitrogens with one attached hydrogen (secondary N) is 2. The van der Waals surface area contributed by atoms with Crippen LogP contribution in [-0.2, 0) is 25.6 Å². The topological polar surface area (TPSA) is 85.9 Å². The van der Waals surface area contributed by atoms with Gasteiger partial charge < -0.3 is 24.8 Å². The zero-order chi connectivity index (χ0) is 26.6. The van der Waals surface area contributed by atoms with E-state index in [0.717, 1.165) is 20.5 Å². The fourth-order valence-corrected chi connectivity index (χ4v) is 5.92. The van der Waals surface area contributed by atoms with Gasteiger partial charge >= 0.3 is 0 Å². The summed E-state index contributed by atoms with van der Waals surface area (Å²) in [4.78, 5) is 27.4. The number of hydrogen-bond acceptors (Lipinski definition) is 6. The van der Waals surface area contributed by atoms with Gasteiger partial charge in [-0.3, -0.25) is 9.59 Å². The third-order valence-electron chi connectivity index (χ3n) is 6.89. The number of thiophene rings is 1. The van der Waals surface area contributed by atoms with E-state index in [1.807, 2.05) is 66.7 Å². The SMILES string of the molecule is O=C(N[C@@H]1CO[C@H]2[C@@H]1OC[C@H]2OCc1ccccc1)/C(=C/c1cc2ccccc2s1)NC(=O)c1ccccc1. The van der Waals surface area contributed by atoms with Gasteiger partial charge in [-0.25, -0.2) is 0 Å². The molecule has 7 nitrogen and oxygen atoms in total. The molecule has 2 fully saturated rings. The fourth-order valence-electron chi connectivity index (χ4n) is 4.91. The quantitative estimate of drug-likeness (QED) is 0.321. The highest BCUT2D eigenvalue weighted by Gasteiger charge is 2.49. The molecule has 2 aliphatic rings. The minimum absolute atomic E-state index is 0.161. The molecule has 2 amide bonds. The van der Waals surface area contributed by atoms with Crippen molar-refractivity contribution in [3.63, 3.8) is 0 Å². The summed E-state index contributed by atoms with van der Waals surface area (Å²) in [5.41, 5.74) is 1.71. The Morgan fingerprint density at radius 2 is 1.62 bits per heavy atom. The molecule has 0 bridgehead atoms. The van der Waals surface area contributed by atoms with Crippen LogP contribution >= 0.6 is 11.3 Å². The first-order valence-electron chi connectivity index (χ1n) is 12.9. The predicted molar refractivity (Wildman–Crippen MR) is 150 cm³/mol. The molecule has 4 atom stereocenters. The van der Waals surface area contributed by atoms with Gasteiger partial charge in [0.1, 0.15) is 24.0 Å². The Balaban J connectivity index is 1.16. The van der Waals surface area contributed by atoms with Crippen LogP contribution in [0.25, 0.3) is 16.2 Å². The number of carbonyl (C=O) groups excluding carboxylic acids is 2. The highest BCUT2D eigenvalue weighted by molar-refractivity contribution is 7.19. The van der Waals surface area contributed by atoms with Crippen LogP contribution in [-0.4, -0.2) is 49.4 Å². The summed E-state index contributed by atoms with van der Waals surface area (Å²) in [5.74, 6) is -0.756. The van der Waals surface area contributed by atoms with E-state index in [2.05, 4.69) is 10.6 Å². The summed E-state index contributed by atoms with van der Waals surface area (Å²) in [5, 5.41) is 6.93. The second-order valence-electron chi connectivity index (χ2n) is 9.58. The average Bonchev–Trinajstić information content (AvgIpc) is 3.68. The Morgan fingerprint density at radius 1 is 0.897 bits per heavy atom. The van der Waals surface area contributed by atoms with E-state index in [0.29, 0.717) is 25.4 Å². The monoisotopic (exact) mass is 540 g/mol. The molecule has 0 spiro atoms. The van der Waals surface area contributed by atoms with Crippen molar-refractivity contribution in [1.29, 1.82) is 0 Å². The Bertz CT molecular complexity index is 1450. The minimum atomic E-state index is -0.400. The molecule has 0 saturated carbocycles. The number of ether oxygens (including phenoxy) is 3. The molecule has 4 aromatic rings. The Hall–Kier alpha value is -3.82. The second kappa shape index (κ2) is 11.5. The average molecular weight is 541 g/mol. The minimum Gasteiger partial charge on any atom is -0.370 e. The van der Waals surface area contributed by atoms with Crippen molar-refractivity contribution in [1.82, 2.24) is 10.6 Å². The maximum absolute atomic E-state index is 13.5. The van der Waals surface area contributed by atoms with E-state index in [4.69, 9.17) is 14.2 Å². The van der Waals surface area contributed by atoms with Crippen molar-refractivity contribution < 1.29 is 23.8 Å². The lowest BCUT2D eigenvalue weighted by atomic mass is 10.1. The van der Waals surface area contributed by atoms with Crippen LogP contribution in [0.15, 0.2) is 96.7 Å². The smallest absolute Gasteiger partial charge is 0.268 e. The molecule has 0 aliphatic carbocycles. The van der Waals surface area contributed by atoms with Gasteiger partial charge in [-0.2, -0.15) is 0 Å². The molecule has 198 valence electrons. The molecule has 2 aliphatic heterocycles. The van der Waals surface area contributed by atoms with Crippen LogP contribution in [0.3, 0.4) is 0 Å². The number of hydrogen-bond donors (Lipinski definition) is 2. The summed E-state index contributed by atoms with van der Waals surface area (Å²) in [6, 6.07) is 28.4. The Morgan fingerprint density at radius 3 is 2.41 bits per heavy atom. The van der Waals surface area contributed by atoms with Gasteiger partial charge in [0, 0.05) is 15.1 Å². The third-order valence-corrected chi connectivity index (χ3v) is 7.95. The fraction of sp³-hybridized carbons (Fsp3) is 0.226. The summed E-state index contributed by atoms with van der Waals surface area (Å²) in [7, 11) is 0. The number of carbonyl (C=O) groups is 2. The number of fused-ring (bicyclic) bond motifs is 2. The Labute approximate surface area is 230 Å². The molecule has 1 aromatic heterocycles. The maximum Gasteiger partial charge on any atom is 0.268 e. The molecular formula is C31H28N2O5S. The summed E-state index contributed by atoms with van der Waals surface area (Å²) in [6.07, 6.45) is 0.900.